The standard InChI is InChI=1S/C8H18N4O3/c1-2-14-8(15-5-3-9)7-13-6-4-11-12-10/h8H,2-7,9H2,1H3. The third-order valence-electron chi connectivity index (χ3n) is 1.43. The van der Waals surface area contributed by atoms with Crippen molar-refractivity contribution in [2.24, 2.45) is 10.8 Å². The lowest BCUT2D eigenvalue weighted by Crippen LogP contribution is -2.26. The Hall–Kier alpha value is -0.850. The van der Waals surface area contributed by atoms with Crippen LogP contribution in [0.5, 0.6) is 0 Å². The molecule has 7 nitrogen and oxygen atoms in total. The normalized spacial score (nSPS) is 12.1. The summed E-state index contributed by atoms with van der Waals surface area (Å²) >= 11 is 0. The molecule has 0 fully saturated rings. The molecular weight excluding hydrogens is 200 g/mol. The minimum Gasteiger partial charge on any atom is -0.376 e. The van der Waals surface area contributed by atoms with Crippen LogP contribution >= 0.6 is 0 Å². The van der Waals surface area contributed by atoms with Gasteiger partial charge in [0.2, 0.25) is 0 Å². The summed E-state index contributed by atoms with van der Waals surface area (Å²) in [6.45, 7) is 4.29. The van der Waals surface area contributed by atoms with Gasteiger partial charge in [0.05, 0.1) is 19.8 Å². The fourth-order valence-corrected chi connectivity index (χ4v) is 0.859. The van der Waals surface area contributed by atoms with Gasteiger partial charge in [-0.25, -0.2) is 0 Å². The average molecular weight is 218 g/mol. The van der Waals surface area contributed by atoms with Crippen LogP contribution < -0.4 is 5.73 Å². The van der Waals surface area contributed by atoms with E-state index in [0.29, 0.717) is 39.5 Å². The highest BCUT2D eigenvalue weighted by Gasteiger charge is 2.07. The van der Waals surface area contributed by atoms with Crippen LogP contribution in [0.3, 0.4) is 0 Å². The number of hydrogen-bond acceptors (Lipinski definition) is 5. The van der Waals surface area contributed by atoms with Crippen LogP contribution in [0.4, 0.5) is 0 Å². The predicted molar refractivity (Wildman–Crippen MR) is 55.3 cm³/mol. The molecule has 1 atom stereocenters. The molecule has 7 heteroatoms. The van der Waals surface area contributed by atoms with Crippen molar-refractivity contribution in [3.05, 3.63) is 10.4 Å². The fraction of sp³-hybridized carbons (Fsp3) is 1.00. The molecule has 15 heavy (non-hydrogen) atoms. The fourth-order valence-electron chi connectivity index (χ4n) is 0.859. The maximum Gasteiger partial charge on any atom is 0.180 e. The van der Waals surface area contributed by atoms with Gasteiger partial charge in [0, 0.05) is 24.6 Å². The summed E-state index contributed by atoms with van der Waals surface area (Å²) < 4.78 is 15.7. The first-order valence-corrected chi connectivity index (χ1v) is 4.87. The van der Waals surface area contributed by atoms with Gasteiger partial charge in [-0.05, 0) is 12.5 Å². The van der Waals surface area contributed by atoms with Crippen molar-refractivity contribution in [2.75, 3.05) is 39.5 Å². The van der Waals surface area contributed by atoms with E-state index in [1.165, 1.54) is 0 Å². The van der Waals surface area contributed by atoms with E-state index in [-0.39, 0.29) is 0 Å². The molecule has 0 aromatic rings. The highest BCUT2D eigenvalue weighted by molar-refractivity contribution is 4.47. The van der Waals surface area contributed by atoms with Gasteiger partial charge in [0.1, 0.15) is 0 Å². The van der Waals surface area contributed by atoms with Gasteiger partial charge >= 0.3 is 0 Å². The number of ether oxygens (including phenoxy) is 3. The van der Waals surface area contributed by atoms with Crippen molar-refractivity contribution >= 4 is 0 Å². The van der Waals surface area contributed by atoms with Gasteiger partial charge in [-0.2, -0.15) is 0 Å². The van der Waals surface area contributed by atoms with Crippen molar-refractivity contribution in [3.63, 3.8) is 0 Å². The lowest BCUT2D eigenvalue weighted by atomic mass is 10.6. The lowest BCUT2D eigenvalue weighted by Gasteiger charge is -2.17. The summed E-state index contributed by atoms with van der Waals surface area (Å²) in [5.74, 6) is 0. The first-order chi connectivity index (χ1) is 7.35. The third-order valence-corrected chi connectivity index (χ3v) is 1.43. The van der Waals surface area contributed by atoms with Gasteiger partial charge in [0.25, 0.3) is 0 Å². The number of nitrogens with two attached hydrogens (primary N) is 1. The molecule has 0 saturated heterocycles. The molecule has 0 spiro atoms. The molecule has 0 aromatic heterocycles. The molecular formula is C8H18N4O3. The molecule has 2 N–H and O–H groups in total. The number of hydrogen-bond donors (Lipinski definition) is 1. The highest BCUT2D eigenvalue weighted by Crippen LogP contribution is 1.96. The van der Waals surface area contributed by atoms with Gasteiger partial charge in [-0.15, -0.1) is 0 Å². The van der Waals surface area contributed by atoms with Crippen molar-refractivity contribution < 1.29 is 14.2 Å². The van der Waals surface area contributed by atoms with Crippen molar-refractivity contribution in [1.29, 1.82) is 0 Å². The molecule has 0 aliphatic carbocycles. The highest BCUT2D eigenvalue weighted by atomic mass is 16.7. The number of nitrogens with zero attached hydrogens (tertiary/aromatic N) is 3. The van der Waals surface area contributed by atoms with Crippen molar-refractivity contribution in [1.82, 2.24) is 0 Å². The molecule has 0 amide bonds. The molecule has 0 radical (unpaired) electrons. The monoisotopic (exact) mass is 218 g/mol. The second-order valence-electron chi connectivity index (χ2n) is 2.57. The minimum absolute atomic E-state index is 0.312. The lowest BCUT2D eigenvalue weighted by molar-refractivity contribution is -0.167. The van der Waals surface area contributed by atoms with Crippen molar-refractivity contribution in [3.8, 4) is 0 Å². The Kier molecular flexibility index (Phi) is 10.6. The quantitative estimate of drug-likeness (QED) is 0.191. The minimum atomic E-state index is -0.399. The first-order valence-electron chi connectivity index (χ1n) is 4.87. The second kappa shape index (κ2) is 11.2. The van der Waals surface area contributed by atoms with Crippen molar-refractivity contribution in [2.45, 2.75) is 13.2 Å². The summed E-state index contributed by atoms with van der Waals surface area (Å²) in [6, 6.07) is 0. The van der Waals surface area contributed by atoms with E-state index in [1.807, 2.05) is 6.92 Å². The summed E-state index contributed by atoms with van der Waals surface area (Å²) in [7, 11) is 0. The van der Waals surface area contributed by atoms with Crippen LogP contribution in [0, 0.1) is 0 Å². The smallest absolute Gasteiger partial charge is 0.180 e. The van der Waals surface area contributed by atoms with Crippen LogP contribution in [0.15, 0.2) is 5.11 Å². The molecule has 1 unspecified atom stereocenters. The predicted octanol–water partition coefficient (Wildman–Crippen LogP) is 0.651. The van der Waals surface area contributed by atoms with E-state index < -0.39 is 6.29 Å². The maximum atomic E-state index is 8.01. The second-order valence-corrected chi connectivity index (χ2v) is 2.57. The Balaban J connectivity index is 3.50. The molecule has 0 aliphatic heterocycles. The zero-order valence-electron chi connectivity index (χ0n) is 8.96. The Labute approximate surface area is 89.1 Å². The van der Waals surface area contributed by atoms with Gasteiger partial charge in [0.15, 0.2) is 6.29 Å². The van der Waals surface area contributed by atoms with Gasteiger partial charge < -0.3 is 19.9 Å². The largest absolute Gasteiger partial charge is 0.376 e. The summed E-state index contributed by atoms with van der Waals surface area (Å²) in [4.78, 5) is 2.60. The van der Waals surface area contributed by atoms with Gasteiger partial charge in [-0.3, -0.25) is 0 Å². The Morgan fingerprint density at radius 3 is 2.80 bits per heavy atom. The van der Waals surface area contributed by atoms with E-state index in [1.54, 1.807) is 0 Å². The molecule has 0 rings (SSSR count). The average Bonchev–Trinajstić information content (AvgIpc) is 2.25. The van der Waals surface area contributed by atoms with E-state index in [0.717, 1.165) is 0 Å². The van der Waals surface area contributed by atoms with Crippen LogP contribution in [0.1, 0.15) is 6.92 Å². The van der Waals surface area contributed by atoms with Crippen LogP contribution in [-0.2, 0) is 14.2 Å². The summed E-state index contributed by atoms with van der Waals surface area (Å²) in [5, 5.41) is 3.33. The Bertz CT molecular complexity index is 185. The van der Waals surface area contributed by atoms with Gasteiger partial charge in [-0.1, -0.05) is 5.11 Å². The Morgan fingerprint density at radius 1 is 1.40 bits per heavy atom. The van der Waals surface area contributed by atoms with E-state index >= 15 is 0 Å². The molecule has 0 saturated carbocycles. The molecule has 88 valence electrons. The summed E-state index contributed by atoms with van der Waals surface area (Å²) in [6.07, 6.45) is -0.399. The zero-order valence-corrected chi connectivity index (χ0v) is 8.96. The summed E-state index contributed by atoms with van der Waals surface area (Å²) in [5.41, 5.74) is 13.3. The molecule has 0 aromatic carbocycles. The van der Waals surface area contributed by atoms with Crippen LogP contribution in [0.25, 0.3) is 10.4 Å². The SMILES string of the molecule is CCOC(COCCN=[N+]=[N-])OCCN. The van der Waals surface area contributed by atoms with Crippen LogP contribution in [-0.4, -0.2) is 45.8 Å². The van der Waals surface area contributed by atoms with E-state index in [2.05, 4.69) is 10.0 Å². The van der Waals surface area contributed by atoms with Crippen LogP contribution in [0.2, 0.25) is 0 Å². The molecule has 0 bridgehead atoms. The number of azide groups is 1. The zero-order chi connectivity index (χ0) is 11.4. The number of rotatable bonds is 10. The molecule has 0 aliphatic rings. The maximum absolute atomic E-state index is 8.01. The topological polar surface area (TPSA) is 102 Å². The third kappa shape index (κ3) is 9.45. The first kappa shape index (κ1) is 14.2. The Morgan fingerprint density at radius 2 is 2.20 bits per heavy atom. The van der Waals surface area contributed by atoms with E-state index in [4.69, 9.17) is 25.5 Å². The van der Waals surface area contributed by atoms with E-state index in [9.17, 15) is 0 Å². The molecule has 0 heterocycles.